The molecule has 1 N–H and O–H groups in total. The van der Waals surface area contributed by atoms with Gasteiger partial charge in [0, 0.05) is 0 Å². The van der Waals surface area contributed by atoms with Crippen LogP contribution in [0.15, 0.2) is 89.8 Å². The van der Waals surface area contributed by atoms with Gasteiger partial charge in [-0.3, -0.25) is 0 Å². The van der Waals surface area contributed by atoms with Crippen molar-refractivity contribution in [2.75, 3.05) is 7.05 Å². The molecule has 1 fully saturated rings. The van der Waals surface area contributed by atoms with E-state index in [1.165, 1.54) is 28.6 Å². The van der Waals surface area contributed by atoms with Crippen molar-refractivity contribution in [3.8, 4) is 0 Å². The molecule has 1 aliphatic carbocycles. The zero-order chi connectivity index (χ0) is 29.2. The molecule has 0 amide bonds. The van der Waals surface area contributed by atoms with Crippen LogP contribution in [-0.4, -0.2) is 25.3 Å². The average molecular weight is 585 g/mol. The van der Waals surface area contributed by atoms with Gasteiger partial charge in [-0.2, -0.15) is 4.31 Å². The number of nitrogens with zero attached hydrogens (tertiary/aromatic N) is 1. The van der Waals surface area contributed by atoms with Crippen LogP contribution in [0.4, 0.5) is 4.39 Å². The van der Waals surface area contributed by atoms with E-state index in [0.29, 0.717) is 30.1 Å². The summed E-state index contributed by atoms with van der Waals surface area (Å²) in [6, 6.07) is 23.4. The van der Waals surface area contributed by atoms with E-state index in [-0.39, 0.29) is 10.3 Å². The van der Waals surface area contributed by atoms with Crippen molar-refractivity contribution in [3.63, 3.8) is 0 Å². The standard InChI is InChI=1S/C33H42ClFN2O2S/c1-22-23(2)25(4)33(5,24(22)3)21-30(34)37(40(38,39)29-19-17-28(35)18-20-29)32(27-15-11-8-12-16-27)31(36-6)26-13-9-7-10-14-26/h7-20,22-25,30-32,36H,21H2,1-6H3/t22?,23?,24-,25+,30-,31-,32-,33?/m0/s1. The van der Waals surface area contributed by atoms with Crippen molar-refractivity contribution in [2.24, 2.45) is 29.1 Å². The summed E-state index contributed by atoms with van der Waals surface area (Å²) in [5.74, 6) is 1.21. The molecule has 0 saturated heterocycles. The second-order valence-corrected chi connectivity index (χ2v) is 14.1. The summed E-state index contributed by atoms with van der Waals surface area (Å²) in [6.07, 6.45) is 0.487. The monoisotopic (exact) mass is 584 g/mol. The van der Waals surface area contributed by atoms with Crippen molar-refractivity contribution in [1.82, 2.24) is 9.62 Å². The molecule has 0 radical (unpaired) electrons. The largest absolute Gasteiger partial charge is 0.311 e. The highest BCUT2D eigenvalue weighted by Gasteiger charge is 2.53. The lowest BCUT2D eigenvalue weighted by Crippen LogP contribution is -2.47. The van der Waals surface area contributed by atoms with Gasteiger partial charge in [-0.1, -0.05) is 95.3 Å². The van der Waals surface area contributed by atoms with Crippen LogP contribution in [0.5, 0.6) is 0 Å². The van der Waals surface area contributed by atoms with Gasteiger partial charge in [-0.05, 0) is 77.9 Å². The molecule has 40 heavy (non-hydrogen) atoms. The number of nitrogens with one attached hydrogen (secondary N) is 1. The van der Waals surface area contributed by atoms with Gasteiger partial charge in [0.05, 0.1) is 17.0 Å². The summed E-state index contributed by atoms with van der Waals surface area (Å²) in [5, 5.41) is 3.40. The lowest BCUT2D eigenvalue weighted by molar-refractivity contribution is 0.113. The Kier molecular flexibility index (Phi) is 9.45. The fourth-order valence-electron chi connectivity index (χ4n) is 6.86. The van der Waals surface area contributed by atoms with Crippen LogP contribution in [0.1, 0.15) is 64.3 Å². The quantitative estimate of drug-likeness (QED) is 0.194. The Morgan fingerprint density at radius 3 is 1.80 bits per heavy atom. The summed E-state index contributed by atoms with van der Waals surface area (Å²) in [6.45, 7) is 11.4. The zero-order valence-corrected chi connectivity index (χ0v) is 25.8. The molecule has 0 aromatic heterocycles. The molecule has 216 valence electrons. The Morgan fingerprint density at radius 2 is 1.32 bits per heavy atom. The highest BCUT2D eigenvalue weighted by atomic mass is 35.5. The van der Waals surface area contributed by atoms with Crippen molar-refractivity contribution >= 4 is 21.6 Å². The molecule has 1 aliphatic rings. The van der Waals surface area contributed by atoms with E-state index in [1.807, 2.05) is 67.7 Å². The van der Waals surface area contributed by atoms with Gasteiger partial charge >= 0.3 is 0 Å². The summed E-state index contributed by atoms with van der Waals surface area (Å²) < 4.78 is 44.6. The van der Waals surface area contributed by atoms with E-state index < -0.39 is 33.4 Å². The second-order valence-electron chi connectivity index (χ2n) is 11.8. The minimum absolute atomic E-state index is 0.0165. The highest BCUT2D eigenvalue weighted by molar-refractivity contribution is 7.89. The lowest BCUT2D eigenvalue weighted by atomic mass is 9.71. The first-order valence-corrected chi connectivity index (χ1v) is 16.0. The Bertz CT molecular complexity index is 1340. The van der Waals surface area contributed by atoms with E-state index in [1.54, 1.807) is 0 Å². The van der Waals surface area contributed by atoms with E-state index in [2.05, 4.69) is 39.9 Å². The first-order chi connectivity index (χ1) is 18.9. The number of sulfonamides is 1. The molecule has 0 spiro atoms. The first-order valence-electron chi connectivity index (χ1n) is 14.1. The number of halogens is 2. The molecule has 4 rings (SSSR count). The fraction of sp³-hybridized carbons (Fsp3) is 0.455. The van der Waals surface area contributed by atoms with Crippen LogP contribution in [-0.2, 0) is 10.0 Å². The third-order valence-corrected chi connectivity index (χ3v) is 12.3. The van der Waals surface area contributed by atoms with Crippen LogP contribution in [0, 0.1) is 34.9 Å². The van der Waals surface area contributed by atoms with Crippen LogP contribution in [0.25, 0.3) is 0 Å². The molecular weight excluding hydrogens is 543 g/mol. The summed E-state index contributed by atoms with van der Waals surface area (Å²) >= 11 is 7.39. The molecule has 4 nitrogen and oxygen atoms in total. The Labute approximate surface area is 245 Å². The zero-order valence-electron chi connectivity index (χ0n) is 24.3. The van der Waals surface area contributed by atoms with Crippen molar-refractivity contribution in [3.05, 3.63) is 102 Å². The van der Waals surface area contributed by atoms with Crippen LogP contribution >= 0.6 is 11.6 Å². The number of alkyl halides is 1. The van der Waals surface area contributed by atoms with E-state index in [4.69, 9.17) is 11.6 Å². The van der Waals surface area contributed by atoms with Crippen LogP contribution < -0.4 is 5.32 Å². The summed E-state index contributed by atoms with van der Waals surface area (Å²) in [7, 11) is -2.32. The van der Waals surface area contributed by atoms with Gasteiger partial charge in [0.15, 0.2) is 0 Å². The minimum Gasteiger partial charge on any atom is -0.311 e. The van der Waals surface area contributed by atoms with E-state index in [0.717, 1.165) is 11.1 Å². The molecule has 8 atom stereocenters. The molecule has 0 aliphatic heterocycles. The van der Waals surface area contributed by atoms with Crippen LogP contribution in [0.2, 0.25) is 0 Å². The Morgan fingerprint density at radius 1 is 0.850 bits per heavy atom. The topological polar surface area (TPSA) is 49.4 Å². The van der Waals surface area contributed by atoms with Crippen molar-refractivity contribution < 1.29 is 12.8 Å². The maximum absolute atomic E-state index is 14.6. The number of rotatable bonds is 10. The highest BCUT2D eigenvalue weighted by Crippen LogP contribution is 2.57. The summed E-state index contributed by atoms with van der Waals surface area (Å²) in [4.78, 5) is 0.0165. The minimum atomic E-state index is -4.16. The summed E-state index contributed by atoms with van der Waals surface area (Å²) in [5.41, 5.74) is 0.733. The number of hydrogen-bond acceptors (Lipinski definition) is 3. The average Bonchev–Trinajstić information content (AvgIpc) is 3.09. The fourth-order valence-corrected chi connectivity index (χ4v) is 9.27. The van der Waals surface area contributed by atoms with Crippen molar-refractivity contribution in [2.45, 2.75) is 63.5 Å². The SMILES string of the molecule is CN[C@@H](c1ccccc1)[C@H](c1ccccc1)N([C@H](Cl)CC1(C)[C@H](C)C(C)C(C)[C@@H]1C)S(=O)(=O)c1ccc(F)cc1. The number of benzene rings is 3. The Balaban J connectivity index is 1.91. The van der Waals surface area contributed by atoms with Gasteiger partial charge in [-0.15, -0.1) is 11.6 Å². The molecule has 3 unspecified atom stereocenters. The lowest BCUT2D eigenvalue weighted by Gasteiger charge is -2.43. The molecule has 7 heteroatoms. The third kappa shape index (κ3) is 5.74. The smallest absolute Gasteiger partial charge is 0.245 e. The van der Waals surface area contributed by atoms with Gasteiger partial charge in [-0.25, -0.2) is 12.8 Å². The normalized spacial score (nSPS) is 27.4. The van der Waals surface area contributed by atoms with E-state index >= 15 is 0 Å². The molecule has 0 bridgehead atoms. The number of hydrogen-bond donors (Lipinski definition) is 1. The first kappa shape index (κ1) is 30.7. The molecule has 0 heterocycles. The van der Waals surface area contributed by atoms with E-state index in [9.17, 15) is 12.8 Å². The third-order valence-electron chi connectivity index (χ3n) is 9.96. The predicted molar refractivity (Wildman–Crippen MR) is 162 cm³/mol. The molecule has 3 aromatic rings. The Hall–Kier alpha value is -2.25. The molecule has 1 saturated carbocycles. The van der Waals surface area contributed by atoms with Gasteiger partial charge in [0.1, 0.15) is 11.3 Å². The molecular formula is C33H42ClFN2O2S. The van der Waals surface area contributed by atoms with Crippen molar-refractivity contribution in [1.29, 1.82) is 0 Å². The predicted octanol–water partition coefficient (Wildman–Crippen LogP) is 8.04. The number of likely N-dealkylation sites (N-methyl/N-ethyl adjacent to an activating group) is 1. The maximum Gasteiger partial charge on any atom is 0.245 e. The second kappa shape index (κ2) is 12.3. The van der Waals surface area contributed by atoms with Gasteiger partial charge in [0.2, 0.25) is 10.0 Å². The maximum atomic E-state index is 14.6. The molecule has 3 aromatic carbocycles. The van der Waals surface area contributed by atoms with Crippen LogP contribution in [0.3, 0.4) is 0 Å². The van der Waals surface area contributed by atoms with Gasteiger partial charge in [0.25, 0.3) is 0 Å². The van der Waals surface area contributed by atoms with Gasteiger partial charge < -0.3 is 5.32 Å².